The molecule has 0 radical (unpaired) electrons. The first-order valence-corrected chi connectivity index (χ1v) is 5.90. The van der Waals surface area contributed by atoms with E-state index in [-0.39, 0.29) is 0 Å². The third-order valence-electron chi connectivity index (χ3n) is 2.57. The Labute approximate surface area is 103 Å². The van der Waals surface area contributed by atoms with Gasteiger partial charge in [0.15, 0.2) is 0 Å². The number of benzene rings is 1. The molecule has 0 aliphatic heterocycles. The first-order valence-electron chi connectivity index (χ1n) is 5.90. The Kier molecular flexibility index (Phi) is 4.23. The van der Waals surface area contributed by atoms with E-state index in [0.717, 1.165) is 22.2 Å². The Hall–Kier alpha value is -1.88. The highest BCUT2D eigenvalue weighted by molar-refractivity contribution is 5.86. The Morgan fingerprint density at radius 2 is 1.65 bits per heavy atom. The molecule has 0 saturated heterocycles. The molecule has 0 spiro atoms. The summed E-state index contributed by atoms with van der Waals surface area (Å²) in [6.45, 7) is 10.0. The van der Waals surface area contributed by atoms with E-state index in [9.17, 15) is 0 Å². The van der Waals surface area contributed by atoms with E-state index in [0.29, 0.717) is 5.56 Å². The molecule has 2 rings (SSSR count). The molecule has 0 amide bonds. The summed E-state index contributed by atoms with van der Waals surface area (Å²) < 4.78 is 0. The summed E-state index contributed by atoms with van der Waals surface area (Å²) in [7, 11) is 0. The van der Waals surface area contributed by atoms with Crippen molar-refractivity contribution in [1.29, 1.82) is 5.26 Å². The van der Waals surface area contributed by atoms with Gasteiger partial charge in [-0.25, -0.2) is 0 Å². The van der Waals surface area contributed by atoms with Gasteiger partial charge in [-0.2, -0.15) is 5.26 Å². The van der Waals surface area contributed by atoms with Crippen molar-refractivity contribution in [2.45, 2.75) is 34.6 Å². The number of pyridine rings is 1. The Balaban J connectivity index is 0.000000686. The van der Waals surface area contributed by atoms with E-state index in [1.807, 2.05) is 45.9 Å². The van der Waals surface area contributed by atoms with Crippen LogP contribution in [0.15, 0.2) is 18.2 Å². The number of rotatable bonds is 0. The fourth-order valence-electron chi connectivity index (χ4n) is 1.89. The lowest BCUT2D eigenvalue weighted by molar-refractivity contribution is 1.22. The highest BCUT2D eigenvalue weighted by Crippen LogP contribution is 2.22. The lowest BCUT2D eigenvalue weighted by Crippen LogP contribution is -1.91. The van der Waals surface area contributed by atoms with Gasteiger partial charge in [0.25, 0.3) is 0 Å². The van der Waals surface area contributed by atoms with Crippen LogP contribution in [0, 0.1) is 32.1 Å². The SMILES string of the molecule is CC.Cc1cc(C)c2cc(C#N)cc(C)c2n1. The van der Waals surface area contributed by atoms with Crippen molar-refractivity contribution in [2.75, 3.05) is 0 Å². The summed E-state index contributed by atoms with van der Waals surface area (Å²) in [4.78, 5) is 4.50. The monoisotopic (exact) mass is 226 g/mol. The zero-order valence-electron chi connectivity index (χ0n) is 11.1. The van der Waals surface area contributed by atoms with Crippen molar-refractivity contribution in [1.82, 2.24) is 4.98 Å². The molecule has 0 aliphatic rings. The summed E-state index contributed by atoms with van der Waals surface area (Å²) in [5, 5.41) is 9.98. The maximum atomic E-state index is 8.90. The number of aryl methyl sites for hydroxylation is 3. The summed E-state index contributed by atoms with van der Waals surface area (Å²) >= 11 is 0. The number of hydrogen-bond donors (Lipinski definition) is 0. The molecule has 2 aromatic rings. The molecule has 0 bridgehead atoms. The topological polar surface area (TPSA) is 36.7 Å². The Bertz CT molecular complexity index is 577. The third-order valence-corrected chi connectivity index (χ3v) is 2.57. The van der Waals surface area contributed by atoms with Crippen molar-refractivity contribution in [3.63, 3.8) is 0 Å². The predicted molar refractivity (Wildman–Crippen MR) is 72.0 cm³/mol. The van der Waals surface area contributed by atoms with E-state index < -0.39 is 0 Å². The average molecular weight is 226 g/mol. The second-order valence-corrected chi connectivity index (χ2v) is 3.88. The van der Waals surface area contributed by atoms with E-state index in [1.165, 1.54) is 5.56 Å². The molecule has 0 saturated carbocycles. The van der Waals surface area contributed by atoms with Crippen LogP contribution in [-0.2, 0) is 0 Å². The maximum absolute atomic E-state index is 8.90. The normalized spacial score (nSPS) is 9.41. The molecule has 88 valence electrons. The van der Waals surface area contributed by atoms with Crippen molar-refractivity contribution >= 4 is 10.9 Å². The van der Waals surface area contributed by atoms with Crippen LogP contribution in [0.2, 0.25) is 0 Å². The van der Waals surface area contributed by atoms with Gasteiger partial charge in [-0.15, -0.1) is 0 Å². The number of nitriles is 1. The van der Waals surface area contributed by atoms with Gasteiger partial charge in [-0.3, -0.25) is 4.98 Å². The van der Waals surface area contributed by atoms with Gasteiger partial charge in [0.05, 0.1) is 17.1 Å². The zero-order valence-corrected chi connectivity index (χ0v) is 11.1. The molecular formula is C15H18N2. The van der Waals surface area contributed by atoms with Crippen LogP contribution >= 0.6 is 0 Å². The number of aromatic nitrogens is 1. The molecule has 2 heteroatoms. The maximum Gasteiger partial charge on any atom is 0.0991 e. The second kappa shape index (κ2) is 5.45. The Morgan fingerprint density at radius 1 is 1.00 bits per heavy atom. The zero-order chi connectivity index (χ0) is 13.0. The van der Waals surface area contributed by atoms with E-state index >= 15 is 0 Å². The highest BCUT2D eigenvalue weighted by Gasteiger charge is 2.05. The molecule has 1 aromatic carbocycles. The van der Waals surface area contributed by atoms with Gasteiger partial charge >= 0.3 is 0 Å². The second-order valence-electron chi connectivity index (χ2n) is 3.88. The van der Waals surface area contributed by atoms with Gasteiger partial charge in [-0.1, -0.05) is 13.8 Å². The van der Waals surface area contributed by atoms with Gasteiger partial charge in [0, 0.05) is 11.1 Å². The quantitative estimate of drug-likeness (QED) is 0.679. The van der Waals surface area contributed by atoms with E-state index in [1.54, 1.807) is 0 Å². The minimum absolute atomic E-state index is 0.703. The lowest BCUT2D eigenvalue weighted by Gasteiger charge is -2.06. The molecule has 1 heterocycles. The first kappa shape index (κ1) is 13.2. The Morgan fingerprint density at radius 3 is 2.24 bits per heavy atom. The minimum atomic E-state index is 0.703. The third kappa shape index (κ3) is 2.62. The minimum Gasteiger partial charge on any atom is -0.253 e. The number of fused-ring (bicyclic) bond motifs is 1. The van der Waals surface area contributed by atoms with Gasteiger partial charge in [0.1, 0.15) is 0 Å². The molecule has 0 atom stereocenters. The standard InChI is InChI=1S/C13H12N2.C2H6/c1-8-4-10(3)15-13-9(2)5-11(7-14)6-12(8)13;1-2/h4-6H,1-3H3;1-2H3. The smallest absolute Gasteiger partial charge is 0.0991 e. The average Bonchev–Trinajstić information content (AvgIpc) is 2.33. The molecule has 0 N–H and O–H groups in total. The van der Waals surface area contributed by atoms with E-state index in [2.05, 4.69) is 18.0 Å². The lowest BCUT2D eigenvalue weighted by atomic mass is 10.0. The van der Waals surface area contributed by atoms with Gasteiger partial charge in [0.2, 0.25) is 0 Å². The van der Waals surface area contributed by atoms with Crippen LogP contribution in [0.1, 0.15) is 36.2 Å². The molecule has 17 heavy (non-hydrogen) atoms. The van der Waals surface area contributed by atoms with Gasteiger partial charge < -0.3 is 0 Å². The predicted octanol–water partition coefficient (Wildman–Crippen LogP) is 4.06. The fraction of sp³-hybridized carbons (Fsp3) is 0.333. The summed E-state index contributed by atoms with van der Waals surface area (Å²) in [5.74, 6) is 0. The molecule has 2 nitrogen and oxygen atoms in total. The van der Waals surface area contributed by atoms with Crippen LogP contribution in [0.4, 0.5) is 0 Å². The van der Waals surface area contributed by atoms with E-state index in [4.69, 9.17) is 5.26 Å². The van der Waals surface area contributed by atoms with Crippen LogP contribution < -0.4 is 0 Å². The van der Waals surface area contributed by atoms with Crippen molar-refractivity contribution in [3.05, 3.63) is 40.6 Å². The van der Waals surface area contributed by atoms with Crippen molar-refractivity contribution in [3.8, 4) is 6.07 Å². The molecule has 0 fully saturated rings. The summed E-state index contributed by atoms with van der Waals surface area (Å²) in [5.41, 5.74) is 4.97. The first-order chi connectivity index (χ1) is 8.11. The van der Waals surface area contributed by atoms with Crippen LogP contribution in [0.3, 0.4) is 0 Å². The van der Waals surface area contributed by atoms with Crippen LogP contribution in [0.5, 0.6) is 0 Å². The number of hydrogen-bond acceptors (Lipinski definition) is 2. The molecular weight excluding hydrogens is 208 g/mol. The molecule has 1 aromatic heterocycles. The van der Waals surface area contributed by atoms with Crippen LogP contribution in [-0.4, -0.2) is 4.98 Å². The van der Waals surface area contributed by atoms with Crippen LogP contribution in [0.25, 0.3) is 10.9 Å². The van der Waals surface area contributed by atoms with Crippen molar-refractivity contribution in [2.24, 2.45) is 0 Å². The fourth-order valence-corrected chi connectivity index (χ4v) is 1.89. The number of nitrogens with zero attached hydrogens (tertiary/aromatic N) is 2. The van der Waals surface area contributed by atoms with Gasteiger partial charge in [-0.05, 0) is 50.1 Å². The highest BCUT2D eigenvalue weighted by atomic mass is 14.7. The summed E-state index contributed by atoms with van der Waals surface area (Å²) in [6.07, 6.45) is 0. The van der Waals surface area contributed by atoms with Crippen molar-refractivity contribution < 1.29 is 0 Å². The molecule has 0 aliphatic carbocycles. The molecule has 0 unspecified atom stereocenters. The summed E-state index contributed by atoms with van der Waals surface area (Å²) in [6, 6.07) is 8.01. The largest absolute Gasteiger partial charge is 0.253 e.